The zero-order valence-electron chi connectivity index (χ0n) is 13.9. The Morgan fingerprint density at radius 2 is 2.00 bits per heavy atom. The summed E-state index contributed by atoms with van der Waals surface area (Å²) in [6.45, 7) is 2.57. The molecule has 2 aromatic heterocycles. The molecule has 0 radical (unpaired) electrons. The molecule has 3 aromatic rings. The average Bonchev–Trinajstić information content (AvgIpc) is 2.98. The molecular weight excluding hydrogens is 326 g/mol. The van der Waals surface area contributed by atoms with Crippen molar-refractivity contribution in [3.05, 3.63) is 47.2 Å². The third-order valence-corrected chi connectivity index (χ3v) is 4.33. The first-order valence-corrected chi connectivity index (χ1v) is 8.06. The van der Waals surface area contributed by atoms with E-state index in [0.29, 0.717) is 11.6 Å². The van der Waals surface area contributed by atoms with Crippen molar-refractivity contribution >= 4 is 17.2 Å². The molecule has 3 rings (SSSR count). The smallest absolute Gasteiger partial charge is 0.137 e. The van der Waals surface area contributed by atoms with Gasteiger partial charge < -0.3 is 19.6 Å². The zero-order valence-corrected chi connectivity index (χ0v) is 14.7. The Bertz CT molecular complexity index is 876. The summed E-state index contributed by atoms with van der Waals surface area (Å²) in [4.78, 5) is 4.79. The highest BCUT2D eigenvalue weighted by atomic mass is 35.5. The number of hydrogen-bond acceptors (Lipinski definition) is 4. The van der Waals surface area contributed by atoms with Crippen LogP contribution in [0, 0.1) is 0 Å². The van der Waals surface area contributed by atoms with E-state index in [1.807, 2.05) is 40.9 Å². The number of fused-ring (bicyclic) bond motifs is 1. The number of aromatic nitrogens is 2. The summed E-state index contributed by atoms with van der Waals surface area (Å²) in [6, 6.07) is 9.39. The Morgan fingerprint density at radius 1 is 1.21 bits per heavy atom. The van der Waals surface area contributed by atoms with Crippen LogP contribution < -0.4 is 15.2 Å². The van der Waals surface area contributed by atoms with Crippen molar-refractivity contribution in [1.82, 2.24) is 9.38 Å². The third-order valence-electron chi connectivity index (χ3n) is 4.10. The highest BCUT2D eigenvalue weighted by molar-refractivity contribution is 6.30. The summed E-state index contributed by atoms with van der Waals surface area (Å²) in [7, 11) is 3.28. The van der Waals surface area contributed by atoms with E-state index in [2.05, 4.69) is 6.92 Å². The third kappa shape index (κ3) is 2.81. The van der Waals surface area contributed by atoms with Crippen molar-refractivity contribution in [2.45, 2.75) is 12.8 Å². The van der Waals surface area contributed by atoms with Crippen LogP contribution in [0.1, 0.15) is 18.5 Å². The van der Waals surface area contributed by atoms with Gasteiger partial charge in [0.25, 0.3) is 0 Å². The number of ether oxygens (including phenoxy) is 2. The minimum absolute atomic E-state index is 0.101. The molecule has 0 aliphatic heterocycles. The molecular formula is C18H20ClN3O2. The van der Waals surface area contributed by atoms with E-state index < -0.39 is 0 Å². The Morgan fingerprint density at radius 3 is 2.67 bits per heavy atom. The van der Waals surface area contributed by atoms with Gasteiger partial charge in [0.05, 0.1) is 30.6 Å². The van der Waals surface area contributed by atoms with Crippen LogP contribution in [0.25, 0.3) is 16.9 Å². The highest BCUT2D eigenvalue weighted by Gasteiger charge is 2.21. The second-order valence-electron chi connectivity index (χ2n) is 5.62. The maximum absolute atomic E-state index is 6.18. The van der Waals surface area contributed by atoms with Crippen LogP contribution in [0.5, 0.6) is 11.5 Å². The van der Waals surface area contributed by atoms with Gasteiger partial charge in [0.15, 0.2) is 0 Å². The fourth-order valence-corrected chi connectivity index (χ4v) is 2.98. The SMILES string of the molecule is COc1ccc(OC)c(-c2nc3ccc(Cl)cn3c2C(C)CN)c1. The van der Waals surface area contributed by atoms with Crippen LogP contribution in [-0.2, 0) is 0 Å². The van der Waals surface area contributed by atoms with Gasteiger partial charge >= 0.3 is 0 Å². The van der Waals surface area contributed by atoms with E-state index in [9.17, 15) is 0 Å². The molecule has 0 aliphatic rings. The van der Waals surface area contributed by atoms with Crippen molar-refractivity contribution in [1.29, 1.82) is 0 Å². The lowest BCUT2D eigenvalue weighted by Crippen LogP contribution is -2.12. The number of hydrogen-bond donors (Lipinski definition) is 1. The number of pyridine rings is 1. The predicted molar refractivity (Wildman–Crippen MR) is 96.2 cm³/mol. The second kappa shape index (κ2) is 6.71. The number of methoxy groups -OCH3 is 2. The Balaban J connectivity index is 2.33. The first kappa shape index (κ1) is 16.6. The minimum atomic E-state index is 0.101. The topological polar surface area (TPSA) is 61.8 Å². The molecule has 24 heavy (non-hydrogen) atoms. The summed E-state index contributed by atoms with van der Waals surface area (Å²) < 4.78 is 12.9. The van der Waals surface area contributed by atoms with Gasteiger partial charge in [-0.25, -0.2) is 4.98 Å². The number of benzene rings is 1. The van der Waals surface area contributed by atoms with Gasteiger partial charge in [-0.15, -0.1) is 0 Å². The molecule has 0 spiro atoms. The lowest BCUT2D eigenvalue weighted by atomic mass is 10.0. The van der Waals surface area contributed by atoms with Crippen molar-refractivity contribution < 1.29 is 9.47 Å². The molecule has 5 nitrogen and oxygen atoms in total. The van der Waals surface area contributed by atoms with Gasteiger partial charge in [0.1, 0.15) is 17.1 Å². The summed E-state index contributed by atoms with van der Waals surface area (Å²) >= 11 is 6.18. The summed E-state index contributed by atoms with van der Waals surface area (Å²) in [5.41, 5.74) is 9.44. The monoisotopic (exact) mass is 345 g/mol. The van der Waals surface area contributed by atoms with Crippen molar-refractivity contribution in [2.24, 2.45) is 5.73 Å². The molecule has 0 bridgehead atoms. The minimum Gasteiger partial charge on any atom is -0.497 e. The van der Waals surface area contributed by atoms with Crippen LogP contribution in [0.2, 0.25) is 5.02 Å². The summed E-state index contributed by atoms with van der Waals surface area (Å²) in [5, 5.41) is 0.648. The molecule has 126 valence electrons. The van der Waals surface area contributed by atoms with Crippen molar-refractivity contribution in [2.75, 3.05) is 20.8 Å². The standard InChI is InChI=1S/C18H20ClN3O2/c1-11(9-20)18-17(21-16-7-4-12(19)10-22(16)18)14-8-13(23-2)5-6-15(14)24-3/h4-8,10-11H,9,20H2,1-3H3. The molecule has 1 unspecified atom stereocenters. The van der Waals surface area contributed by atoms with E-state index >= 15 is 0 Å². The molecule has 2 heterocycles. The average molecular weight is 346 g/mol. The fourth-order valence-electron chi connectivity index (χ4n) is 2.82. The maximum atomic E-state index is 6.18. The number of imidazole rings is 1. The van der Waals surface area contributed by atoms with E-state index in [1.165, 1.54) is 0 Å². The van der Waals surface area contributed by atoms with Crippen LogP contribution in [-0.4, -0.2) is 30.1 Å². The van der Waals surface area contributed by atoms with Crippen LogP contribution in [0.3, 0.4) is 0 Å². The van der Waals surface area contributed by atoms with E-state index in [-0.39, 0.29) is 5.92 Å². The van der Waals surface area contributed by atoms with E-state index in [0.717, 1.165) is 34.1 Å². The van der Waals surface area contributed by atoms with Gasteiger partial charge in [0.2, 0.25) is 0 Å². The second-order valence-corrected chi connectivity index (χ2v) is 6.06. The molecule has 0 saturated carbocycles. The number of halogens is 1. The van der Waals surface area contributed by atoms with Gasteiger partial charge in [-0.05, 0) is 30.3 Å². The van der Waals surface area contributed by atoms with E-state index in [4.69, 9.17) is 31.8 Å². The molecule has 0 saturated heterocycles. The van der Waals surface area contributed by atoms with Crippen molar-refractivity contribution in [3.8, 4) is 22.8 Å². The zero-order chi connectivity index (χ0) is 17.3. The molecule has 0 fully saturated rings. The van der Waals surface area contributed by atoms with Gasteiger partial charge in [-0.3, -0.25) is 0 Å². The summed E-state index contributed by atoms with van der Waals surface area (Å²) in [6.07, 6.45) is 1.86. The highest BCUT2D eigenvalue weighted by Crippen LogP contribution is 2.37. The Labute approximate surface area is 146 Å². The van der Waals surface area contributed by atoms with Crippen LogP contribution >= 0.6 is 11.6 Å². The van der Waals surface area contributed by atoms with Gasteiger partial charge in [-0.1, -0.05) is 18.5 Å². The first-order valence-electron chi connectivity index (χ1n) is 7.69. The van der Waals surface area contributed by atoms with Gasteiger partial charge in [-0.2, -0.15) is 0 Å². The molecule has 1 aromatic carbocycles. The molecule has 6 heteroatoms. The predicted octanol–water partition coefficient (Wildman–Crippen LogP) is 3.73. The molecule has 0 amide bonds. The molecule has 0 aliphatic carbocycles. The first-order chi connectivity index (χ1) is 11.6. The quantitative estimate of drug-likeness (QED) is 0.765. The van der Waals surface area contributed by atoms with E-state index in [1.54, 1.807) is 14.2 Å². The largest absolute Gasteiger partial charge is 0.497 e. The normalized spacial score (nSPS) is 12.4. The van der Waals surface area contributed by atoms with Crippen LogP contribution in [0.15, 0.2) is 36.5 Å². The Hall–Kier alpha value is -2.24. The van der Waals surface area contributed by atoms with Crippen LogP contribution in [0.4, 0.5) is 0 Å². The number of rotatable bonds is 5. The van der Waals surface area contributed by atoms with Gasteiger partial charge in [0, 0.05) is 24.2 Å². The fraction of sp³-hybridized carbons (Fsp3) is 0.278. The number of nitrogens with zero attached hydrogens (tertiary/aromatic N) is 2. The maximum Gasteiger partial charge on any atom is 0.137 e. The molecule has 2 N–H and O–H groups in total. The number of nitrogens with two attached hydrogens (primary N) is 1. The summed E-state index contributed by atoms with van der Waals surface area (Å²) in [5.74, 6) is 1.58. The van der Waals surface area contributed by atoms with Crippen molar-refractivity contribution in [3.63, 3.8) is 0 Å². The lowest BCUT2D eigenvalue weighted by Gasteiger charge is -2.14. The Kier molecular flexibility index (Phi) is 4.64. The lowest BCUT2D eigenvalue weighted by molar-refractivity contribution is 0.404. The molecule has 1 atom stereocenters.